The fourth-order valence-electron chi connectivity index (χ4n) is 1.69. The summed E-state index contributed by atoms with van der Waals surface area (Å²) in [7, 11) is 0. The molecule has 0 saturated heterocycles. The van der Waals surface area contributed by atoms with Crippen LogP contribution in [0, 0.1) is 5.82 Å². The van der Waals surface area contributed by atoms with Gasteiger partial charge < -0.3 is 10.5 Å². The van der Waals surface area contributed by atoms with Crippen molar-refractivity contribution in [3.63, 3.8) is 0 Å². The van der Waals surface area contributed by atoms with Gasteiger partial charge in [0, 0.05) is 11.3 Å². The maximum absolute atomic E-state index is 13.1. The standard InChI is InChI=1S/C15H12BrFN2O2/c1-9(19-21)10-2-5-12(6-3-10)18-15(20)11-4-7-14(17)13(16)8-11/h2-8,21H,1H3,(H,18,20)/b19-9-. The van der Waals surface area contributed by atoms with Gasteiger partial charge in [0.05, 0.1) is 10.2 Å². The molecule has 0 fully saturated rings. The van der Waals surface area contributed by atoms with Gasteiger partial charge in [-0.3, -0.25) is 4.79 Å². The van der Waals surface area contributed by atoms with E-state index in [1.54, 1.807) is 31.2 Å². The number of nitrogens with zero attached hydrogens (tertiary/aromatic N) is 1. The van der Waals surface area contributed by atoms with Crippen LogP contribution < -0.4 is 5.32 Å². The lowest BCUT2D eigenvalue weighted by molar-refractivity contribution is 0.102. The minimum atomic E-state index is -0.422. The maximum Gasteiger partial charge on any atom is 0.255 e. The molecular weight excluding hydrogens is 339 g/mol. The highest BCUT2D eigenvalue weighted by molar-refractivity contribution is 9.10. The van der Waals surface area contributed by atoms with E-state index in [0.29, 0.717) is 17.0 Å². The van der Waals surface area contributed by atoms with Crippen molar-refractivity contribution in [2.24, 2.45) is 5.16 Å². The van der Waals surface area contributed by atoms with E-state index in [1.807, 2.05) is 0 Å². The lowest BCUT2D eigenvalue weighted by Crippen LogP contribution is -2.12. The number of carbonyl (C=O) groups is 1. The number of hydrogen-bond donors (Lipinski definition) is 2. The number of amides is 1. The van der Waals surface area contributed by atoms with Crippen LogP contribution in [0.5, 0.6) is 0 Å². The summed E-state index contributed by atoms with van der Waals surface area (Å²) in [4.78, 5) is 12.0. The molecule has 6 heteroatoms. The highest BCUT2D eigenvalue weighted by atomic mass is 79.9. The number of hydrogen-bond acceptors (Lipinski definition) is 3. The van der Waals surface area contributed by atoms with Gasteiger partial charge in [0.25, 0.3) is 5.91 Å². The van der Waals surface area contributed by atoms with E-state index in [0.717, 1.165) is 5.56 Å². The number of carbonyl (C=O) groups excluding carboxylic acids is 1. The molecule has 0 atom stereocenters. The fourth-order valence-corrected chi connectivity index (χ4v) is 2.07. The monoisotopic (exact) mass is 350 g/mol. The van der Waals surface area contributed by atoms with Gasteiger partial charge in [-0.05, 0) is 58.7 Å². The molecule has 0 radical (unpaired) electrons. The fraction of sp³-hybridized carbons (Fsp3) is 0.0667. The molecule has 0 unspecified atom stereocenters. The smallest absolute Gasteiger partial charge is 0.255 e. The molecule has 0 aliphatic heterocycles. The Bertz CT molecular complexity index is 699. The van der Waals surface area contributed by atoms with Crippen LogP contribution in [0.2, 0.25) is 0 Å². The number of rotatable bonds is 3. The summed E-state index contributed by atoms with van der Waals surface area (Å²) >= 11 is 3.04. The average molecular weight is 351 g/mol. The SMILES string of the molecule is C/C(=N/O)c1ccc(NC(=O)c2ccc(F)c(Br)c2)cc1. The molecule has 4 nitrogen and oxygen atoms in total. The van der Waals surface area contributed by atoms with E-state index in [-0.39, 0.29) is 10.4 Å². The highest BCUT2D eigenvalue weighted by Crippen LogP contribution is 2.18. The Balaban J connectivity index is 2.14. The Morgan fingerprint density at radius 2 is 1.81 bits per heavy atom. The van der Waals surface area contributed by atoms with Gasteiger partial charge in [-0.1, -0.05) is 17.3 Å². The molecule has 21 heavy (non-hydrogen) atoms. The molecule has 1 amide bonds. The molecule has 0 heterocycles. The first kappa shape index (κ1) is 15.2. The number of anilines is 1. The van der Waals surface area contributed by atoms with Crippen molar-refractivity contribution in [1.29, 1.82) is 0 Å². The van der Waals surface area contributed by atoms with Crippen LogP contribution in [-0.2, 0) is 0 Å². The summed E-state index contributed by atoms with van der Waals surface area (Å²) in [6.45, 7) is 1.67. The second-order valence-corrected chi connectivity index (χ2v) is 5.20. The van der Waals surface area contributed by atoms with Crippen LogP contribution in [0.4, 0.5) is 10.1 Å². The second-order valence-electron chi connectivity index (χ2n) is 4.35. The minimum absolute atomic E-state index is 0.236. The maximum atomic E-state index is 13.1. The number of nitrogens with one attached hydrogen (secondary N) is 1. The van der Waals surface area contributed by atoms with Gasteiger partial charge in [-0.15, -0.1) is 0 Å². The molecule has 2 aromatic carbocycles. The van der Waals surface area contributed by atoms with Crippen LogP contribution in [0.1, 0.15) is 22.8 Å². The van der Waals surface area contributed by atoms with Gasteiger partial charge in [0.15, 0.2) is 0 Å². The zero-order chi connectivity index (χ0) is 15.4. The minimum Gasteiger partial charge on any atom is -0.411 e. The zero-order valence-corrected chi connectivity index (χ0v) is 12.7. The number of halogens is 2. The van der Waals surface area contributed by atoms with Crippen molar-refractivity contribution in [2.75, 3.05) is 5.32 Å². The van der Waals surface area contributed by atoms with Gasteiger partial charge >= 0.3 is 0 Å². The quantitative estimate of drug-likeness (QED) is 0.498. The van der Waals surface area contributed by atoms with Crippen molar-refractivity contribution < 1.29 is 14.4 Å². The Morgan fingerprint density at radius 3 is 2.38 bits per heavy atom. The van der Waals surface area contributed by atoms with Gasteiger partial charge in [0.2, 0.25) is 0 Å². The molecule has 2 rings (SSSR count). The van der Waals surface area contributed by atoms with Crippen LogP contribution in [-0.4, -0.2) is 16.8 Å². The first-order valence-corrected chi connectivity index (χ1v) is 6.86. The van der Waals surface area contributed by atoms with Gasteiger partial charge in [0.1, 0.15) is 5.82 Å². The summed E-state index contributed by atoms with van der Waals surface area (Å²) < 4.78 is 13.4. The third-order valence-electron chi connectivity index (χ3n) is 2.89. The average Bonchev–Trinajstić information content (AvgIpc) is 2.50. The molecule has 0 bridgehead atoms. The topological polar surface area (TPSA) is 61.7 Å². The molecule has 0 aromatic heterocycles. The highest BCUT2D eigenvalue weighted by Gasteiger charge is 2.09. The second kappa shape index (κ2) is 6.49. The summed E-state index contributed by atoms with van der Waals surface area (Å²) in [5.74, 6) is -0.759. The first-order valence-electron chi connectivity index (χ1n) is 6.07. The van der Waals surface area contributed by atoms with Crippen molar-refractivity contribution >= 4 is 33.2 Å². The van der Waals surface area contributed by atoms with Crippen molar-refractivity contribution in [3.8, 4) is 0 Å². The van der Waals surface area contributed by atoms with E-state index in [1.165, 1.54) is 18.2 Å². The molecule has 0 saturated carbocycles. The third-order valence-corrected chi connectivity index (χ3v) is 3.50. The predicted octanol–water partition coefficient (Wildman–Crippen LogP) is 4.04. The van der Waals surface area contributed by atoms with Crippen LogP contribution in [0.15, 0.2) is 52.1 Å². The van der Waals surface area contributed by atoms with Crippen molar-refractivity contribution in [1.82, 2.24) is 0 Å². The molecule has 0 aliphatic rings. The largest absolute Gasteiger partial charge is 0.411 e. The van der Waals surface area contributed by atoms with E-state index in [2.05, 4.69) is 26.4 Å². The lowest BCUT2D eigenvalue weighted by atomic mass is 10.1. The summed E-state index contributed by atoms with van der Waals surface area (Å²) in [5.41, 5.74) is 2.17. The third kappa shape index (κ3) is 3.66. The van der Waals surface area contributed by atoms with Crippen LogP contribution in [0.3, 0.4) is 0 Å². The molecule has 0 spiro atoms. The number of oxime groups is 1. The lowest BCUT2D eigenvalue weighted by Gasteiger charge is -2.07. The van der Waals surface area contributed by atoms with Crippen molar-refractivity contribution in [3.05, 3.63) is 63.9 Å². The van der Waals surface area contributed by atoms with E-state index >= 15 is 0 Å². The van der Waals surface area contributed by atoms with E-state index in [4.69, 9.17) is 5.21 Å². The Labute approximate surface area is 129 Å². The Morgan fingerprint density at radius 1 is 1.19 bits per heavy atom. The molecule has 108 valence electrons. The first-order chi connectivity index (χ1) is 10.0. The molecular formula is C15H12BrFN2O2. The van der Waals surface area contributed by atoms with Gasteiger partial charge in [-0.2, -0.15) is 0 Å². The Hall–Kier alpha value is -2.21. The predicted molar refractivity (Wildman–Crippen MR) is 82.5 cm³/mol. The summed E-state index contributed by atoms with van der Waals surface area (Å²) in [6, 6.07) is 10.9. The van der Waals surface area contributed by atoms with Crippen molar-refractivity contribution in [2.45, 2.75) is 6.92 Å². The normalized spacial score (nSPS) is 11.3. The molecule has 0 aliphatic carbocycles. The van der Waals surface area contributed by atoms with E-state index < -0.39 is 5.82 Å². The van der Waals surface area contributed by atoms with Crippen LogP contribution in [0.25, 0.3) is 0 Å². The zero-order valence-electron chi connectivity index (χ0n) is 11.1. The van der Waals surface area contributed by atoms with Gasteiger partial charge in [-0.25, -0.2) is 4.39 Å². The molecule has 2 N–H and O–H groups in total. The van der Waals surface area contributed by atoms with E-state index in [9.17, 15) is 9.18 Å². The summed E-state index contributed by atoms with van der Waals surface area (Å²) in [6.07, 6.45) is 0. The number of benzene rings is 2. The molecule has 2 aromatic rings. The Kier molecular flexibility index (Phi) is 4.70. The summed E-state index contributed by atoms with van der Waals surface area (Å²) in [5, 5.41) is 14.5. The van der Waals surface area contributed by atoms with Crippen LogP contribution >= 0.6 is 15.9 Å².